The van der Waals surface area contributed by atoms with Crippen LogP contribution in [0.5, 0.6) is 0 Å². The minimum Gasteiger partial charge on any atom is -0.122 e. The molecule has 16 heavy (non-hydrogen) atoms. The molecule has 0 heterocycles. The van der Waals surface area contributed by atoms with Crippen molar-refractivity contribution in [2.75, 3.05) is 0 Å². The Morgan fingerprint density at radius 3 is 1.44 bits per heavy atom. The van der Waals surface area contributed by atoms with Gasteiger partial charge >= 0.3 is 0 Å². The second kappa shape index (κ2) is 8.37. The van der Waals surface area contributed by atoms with Gasteiger partial charge in [-0.15, -0.1) is 11.6 Å². The molecule has 84 valence electrons. The molecule has 0 saturated heterocycles. The average Bonchev–Trinajstić information content (AvgIpc) is 2.41. The Bertz CT molecular complexity index is 333. The number of benzene rings is 2. The van der Waals surface area contributed by atoms with Gasteiger partial charge < -0.3 is 0 Å². The Morgan fingerprint density at radius 1 is 0.750 bits per heavy atom. The highest BCUT2D eigenvalue weighted by Crippen LogP contribution is 2.02. The highest BCUT2D eigenvalue weighted by atomic mass is 79.9. The maximum absolute atomic E-state index is 5.53. The largest absolute Gasteiger partial charge is 0.122 e. The SMILES string of the molecule is BrCc1ccccc1.ClCc1ccccc1. The van der Waals surface area contributed by atoms with Gasteiger partial charge in [-0.25, -0.2) is 0 Å². The Kier molecular flexibility index (Phi) is 6.95. The zero-order valence-electron chi connectivity index (χ0n) is 8.94. The number of rotatable bonds is 2. The molecule has 2 aromatic carbocycles. The van der Waals surface area contributed by atoms with E-state index < -0.39 is 0 Å². The van der Waals surface area contributed by atoms with Gasteiger partial charge in [0.25, 0.3) is 0 Å². The predicted molar refractivity (Wildman–Crippen MR) is 75.1 cm³/mol. The van der Waals surface area contributed by atoms with Crippen LogP contribution in [0.25, 0.3) is 0 Å². The van der Waals surface area contributed by atoms with Gasteiger partial charge in [-0.3, -0.25) is 0 Å². The van der Waals surface area contributed by atoms with E-state index in [9.17, 15) is 0 Å². The van der Waals surface area contributed by atoms with Gasteiger partial charge in [-0.2, -0.15) is 0 Å². The van der Waals surface area contributed by atoms with Gasteiger partial charge in [0.1, 0.15) is 0 Å². The third-order valence-corrected chi connectivity index (χ3v) is 2.95. The van der Waals surface area contributed by atoms with Crippen LogP contribution in [0.15, 0.2) is 60.7 Å². The second-order valence-corrected chi connectivity index (χ2v) is 4.07. The minimum atomic E-state index is 0.612. The molecule has 0 bridgehead atoms. The van der Waals surface area contributed by atoms with E-state index in [1.54, 1.807) is 0 Å². The molecule has 0 aliphatic carbocycles. The first-order chi connectivity index (χ1) is 7.86. The molecule has 0 saturated carbocycles. The standard InChI is InChI=1S/C7H7Br.C7H7Cl/c2*8-6-7-4-2-1-3-5-7/h2*1-5H,6H2. The molecule has 0 radical (unpaired) electrons. The lowest BCUT2D eigenvalue weighted by atomic mass is 10.2. The monoisotopic (exact) mass is 296 g/mol. The van der Waals surface area contributed by atoms with E-state index in [1.165, 1.54) is 11.1 Å². The van der Waals surface area contributed by atoms with E-state index in [0.717, 1.165) is 5.33 Å². The highest BCUT2D eigenvalue weighted by Gasteiger charge is 1.82. The third kappa shape index (κ3) is 5.34. The van der Waals surface area contributed by atoms with Crippen molar-refractivity contribution in [2.45, 2.75) is 11.2 Å². The van der Waals surface area contributed by atoms with Crippen LogP contribution in [0.2, 0.25) is 0 Å². The summed E-state index contributed by atoms with van der Waals surface area (Å²) in [5.74, 6) is 0.612. The topological polar surface area (TPSA) is 0 Å². The fourth-order valence-electron chi connectivity index (χ4n) is 1.13. The van der Waals surface area contributed by atoms with Crippen LogP contribution >= 0.6 is 27.5 Å². The molecule has 2 heteroatoms. The van der Waals surface area contributed by atoms with Crippen molar-refractivity contribution in [3.8, 4) is 0 Å². The Labute approximate surface area is 110 Å². The summed E-state index contributed by atoms with van der Waals surface area (Å²) in [4.78, 5) is 0. The zero-order valence-corrected chi connectivity index (χ0v) is 11.3. The molecule has 0 atom stereocenters. The average molecular weight is 298 g/mol. The normalized spacial score (nSPS) is 9.12. The lowest BCUT2D eigenvalue weighted by Gasteiger charge is -1.88. The fourth-order valence-corrected chi connectivity index (χ4v) is 1.69. The van der Waals surface area contributed by atoms with Crippen LogP contribution in [0.3, 0.4) is 0 Å². The van der Waals surface area contributed by atoms with Crippen LogP contribution in [0.4, 0.5) is 0 Å². The van der Waals surface area contributed by atoms with E-state index in [4.69, 9.17) is 11.6 Å². The number of hydrogen-bond acceptors (Lipinski definition) is 0. The molecule has 0 amide bonds. The van der Waals surface area contributed by atoms with E-state index in [1.807, 2.05) is 48.5 Å². The first kappa shape index (κ1) is 13.3. The molecule has 0 aliphatic heterocycles. The molecule has 0 nitrogen and oxygen atoms in total. The molecule has 0 aliphatic rings. The van der Waals surface area contributed by atoms with Gasteiger partial charge in [0.2, 0.25) is 0 Å². The van der Waals surface area contributed by atoms with E-state index >= 15 is 0 Å². The second-order valence-electron chi connectivity index (χ2n) is 3.24. The summed E-state index contributed by atoms with van der Waals surface area (Å²) in [7, 11) is 0. The summed E-state index contributed by atoms with van der Waals surface area (Å²) in [5.41, 5.74) is 2.50. The van der Waals surface area contributed by atoms with E-state index in [-0.39, 0.29) is 0 Å². The van der Waals surface area contributed by atoms with Crippen LogP contribution in [-0.2, 0) is 11.2 Å². The van der Waals surface area contributed by atoms with Crippen molar-refractivity contribution in [3.63, 3.8) is 0 Å². The maximum atomic E-state index is 5.53. The number of halogens is 2. The zero-order chi connectivity index (χ0) is 11.6. The van der Waals surface area contributed by atoms with Crippen molar-refractivity contribution in [1.29, 1.82) is 0 Å². The predicted octanol–water partition coefficient (Wildman–Crippen LogP) is 5.01. The van der Waals surface area contributed by atoms with Crippen molar-refractivity contribution in [1.82, 2.24) is 0 Å². The minimum absolute atomic E-state index is 0.612. The molecule has 0 fully saturated rings. The van der Waals surface area contributed by atoms with Gasteiger partial charge in [0, 0.05) is 11.2 Å². The first-order valence-electron chi connectivity index (χ1n) is 5.06. The van der Waals surface area contributed by atoms with Crippen LogP contribution < -0.4 is 0 Å². The first-order valence-corrected chi connectivity index (χ1v) is 6.72. The molecular formula is C14H14BrCl. The summed E-state index contributed by atoms with van der Waals surface area (Å²) < 4.78 is 0. The van der Waals surface area contributed by atoms with Crippen LogP contribution in [-0.4, -0.2) is 0 Å². The summed E-state index contributed by atoms with van der Waals surface area (Å²) in [6, 6.07) is 20.2. The van der Waals surface area contributed by atoms with Crippen molar-refractivity contribution >= 4 is 27.5 Å². The molecule has 2 aromatic rings. The third-order valence-electron chi connectivity index (χ3n) is 1.99. The maximum Gasteiger partial charge on any atom is 0.0474 e. The lowest BCUT2D eigenvalue weighted by molar-refractivity contribution is 1.41. The quantitative estimate of drug-likeness (QED) is 0.684. The Morgan fingerprint density at radius 2 is 1.19 bits per heavy atom. The summed E-state index contributed by atoms with van der Waals surface area (Å²) in [5, 5.41) is 0.952. The van der Waals surface area contributed by atoms with Gasteiger partial charge in [-0.05, 0) is 11.1 Å². The molecular weight excluding hydrogens is 284 g/mol. The fraction of sp³-hybridized carbons (Fsp3) is 0.143. The summed E-state index contributed by atoms with van der Waals surface area (Å²) in [6.07, 6.45) is 0. The van der Waals surface area contributed by atoms with Gasteiger partial charge in [0.15, 0.2) is 0 Å². The van der Waals surface area contributed by atoms with Gasteiger partial charge in [-0.1, -0.05) is 76.6 Å². The molecule has 0 N–H and O–H groups in total. The van der Waals surface area contributed by atoms with Gasteiger partial charge in [0.05, 0.1) is 0 Å². The van der Waals surface area contributed by atoms with E-state index in [2.05, 4.69) is 28.1 Å². The molecule has 0 unspecified atom stereocenters. The number of alkyl halides is 2. The Balaban J connectivity index is 0.000000160. The van der Waals surface area contributed by atoms with Crippen LogP contribution in [0.1, 0.15) is 11.1 Å². The molecule has 2 rings (SSSR count). The summed E-state index contributed by atoms with van der Waals surface area (Å²) >= 11 is 8.88. The van der Waals surface area contributed by atoms with E-state index in [0.29, 0.717) is 5.88 Å². The Hall–Kier alpha value is -0.790. The number of hydrogen-bond donors (Lipinski definition) is 0. The van der Waals surface area contributed by atoms with Crippen LogP contribution in [0, 0.1) is 0 Å². The van der Waals surface area contributed by atoms with Crippen molar-refractivity contribution in [3.05, 3.63) is 71.8 Å². The van der Waals surface area contributed by atoms with Crippen molar-refractivity contribution in [2.24, 2.45) is 0 Å². The van der Waals surface area contributed by atoms with Crippen molar-refractivity contribution < 1.29 is 0 Å². The smallest absolute Gasteiger partial charge is 0.0474 e. The highest BCUT2D eigenvalue weighted by molar-refractivity contribution is 9.08. The lowest BCUT2D eigenvalue weighted by Crippen LogP contribution is -1.71. The molecule has 0 spiro atoms. The molecule has 0 aromatic heterocycles. The summed E-state index contributed by atoms with van der Waals surface area (Å²) in [6.45, 7) is 0.